The predicted molar refractivity (Wildman–Crippen MR) is 58.7 cm³/mol. The Balaban J connectivity index is 2.35. The maximum absolute atomic E-state index is 13.2. The average Bonchev–Trinajstić information content (AvgIpc) is 2.30. The summed E-state index contributed by atoms with van der Waals surface area (Å²) >= 11 is 0. The van der Waals surface area contributed by atoms with Gasteiger partial charge in [-0.05, 0) is 24.6 Å². The third kappa shape index (κ3) is 2.20. The van der Waals surface area contributed by atoms with Crippen LogP contribution in [0.3, 0.4) is 0 Å². The number of rotatable bonds is 2. The molecule has 1 saturated heterocycles. The van der Waals surface area contributed by atoms with Crippen molar-refractivity contribution in [2.24, 2.45) is 0 Å². The first-order valence-corrected chi connectivity index (χ1v) is 5.18. The van der Waals surface area contributed by atoms with E-state index in [9.17, 15) is 14.0 Å². The van der Waals surface area contributed by atoms with Crippen molar-refractivity contribution < 1.29 is 19.1 Å². The highest BCUT2D eigenvalue weighted by Crippen LogP contribution is 2.20. The molecule has 6 heteroatoms. The van der Waals surface area contributed by atoms with Crippen molar-refractivity contribution in [3.63, 3.8) is 0 Å². The van der Waals surface area contributed by atoms with Crippen molar-refractivity contribution in [3.05, 3.63) is 29.6 Å². The molecule has 0 aromatic heterocycles. The lowest BCUT2D eigenvalue weighted by Gasteiger charge is -2.27. The van der Waals surface area contributed by atoms with Crippen LogP contribution in [0, 0.1) is 5.82 Å². The molecule has 1 aliphatic rings. The number of hydrogen-bond acceptors (Lipinski definition) is 2. The molecule has 1 fully saturated rings. The van der Waals surface area contributed by atoms with Crippen LogP contribution in [0.5, 0.6) is 0 Å². The summed E-state index contributed by atoms with van der Waals surface area (Å²) in [6.07, 6.45) is 0.769. The van der Waals surface area contributed by atoms with Crippen molar-refractivity contribution in [1.29, 1.82) is 0 Å². The van der Waals surface area contributed by atoms with E-state index >= 15 is 0 Å². The maximum Gasteiger partial charge on any atom is 0.338 e. The van der Waals surface area contributed by atoms with E-state index < -0.39 is 17.3 Å². The van der Waals surface area contributed by atoms with E-state index in [1.165, 1.54) is 17.0 Å². The van der Waals surface area contributed by atoms with Gasteiger partial charge in [0.15, 0.2) is 0 Å². The summed E-state index contributed by atoms with van der Waals surface area (Å²) in [5, 5.41) is 11.4. The highest BCUT2D eigenvalue weighted by Gasteiger charge is 2.21. The van der Waals surface area contributed by atoms with Crippen molar-refractivity contribution in [2.75, 3.05) is 18.0 Å². The van der Waals surface area contributed by atoms with Crippen LogP contribution in [0.25, 0.3) is 0 Å². The Bertz CT molecular complexity index is 476. The molecule has 0 unspecified atom stereocenters. The molecule has 1 aliphatic heterocycles. The summed E-state index contributed by atoms with van der Waals surface area (Å²) in [6.45, 7) is 1.10. The lowest BCUT2D eigenvalue weighted by Crippen LogP contribution is -2.46. The van der Waals surface area contributed by atoms with Crippen LogP contribution in [0.2, 0.25) is 0 Å². The molecule has 2 N–H and O–H groups in total. The molecule has 0 spiro atoms. The number of carboxylic acids is 1. The SMILES string of the molecule is O=C(O)c1cc(N2CCCNC2=O)ccc1F. The number of amides is 2. The number of carbonyl (C=O) groups is 2. The van der Waals surface area contributed by atoms with Crippen LogP contribution in [0.15, 0.2) is 18.2 Å². The first kappa shape index (κ1) is 11.4. The molecule has 2 rings (SSSR count). The highest BCUT2D eigenvalue weighted by atomic mass is 19.1. The van der Waals surface area contributed by atoms with E-state index in [0.717, 1.165) is 12.5 Å². The van der Waals surface area contributed by atoms with E-state index in [1.807, 2.05) is 0 Å². The molecule has 0 saturated carbocycles. The zero-order valence-corrected chi connectivity index (χ0v) is 8.94. The second-order valence-electron chi connectivity index (χ2n) is 3.71. The predicted octanol–water partition coefficient (Wildman–Crippen LogP) is 1.44. The van der Waals surface area contributed by atoms with Crippen LogP contribution in [-0.4, -0.2) is 30.2 Å². The molecule has 0 bridgehead atoms. The number of aromatic carboxylic acids is 1. The third-order valence-electron chi connectivity index (χ3n) is 2.57. The first-order chi connectivity index (χ1) is 8.09. The van der Waals surface area contributed by atoms with Gasteiger partial charge in [-0.3, -0.25) is 4.90 Å². The average molecular weight is 238 g/mol. The van der Waals surface area contributed by atoms with E-state index in [0.29, 0.717) is 18.8 Å². The molecule has 2 amide bonds. The van der Waals surface area contributed by atoms with E-state index in [-0.39, 0.29) is 6.03 Å². The van der Waals surface area contributed by atoms with Gasteiger partial charge in [0.2, 0.25) is 0 Å². The van der Waals surface area contributed by atoms with Gasteiger partial charge in [-0.25, -0.2) is 14.0 Å². The number of hydrogen-bond donors (Lipinski definition) is 2. The topological polar surface area (TPSA) is 69.6 Å². The minimum atomic E-state index is -1.35. The Kier molecular flexibility index (Phi) is 2.95. The highest BCUT2D eigenvalue weighted by molar-refractivity contribution is 5.95. The Morgan fingerprint density at radius 1 is 1.47 bits per heavy atom. The van der Waals surface area contributed by atoms with Gasteiger partial charge in [0.05, 0.1) is 5.56 Å². The fraction of sp³-hybridized carbons (Fsp3) is 0.273. The summed E-state index contributed by atoms with van der Waals surface area (Å²) in [6, 6.07) is 3.33. The largest absolute Gasteiger partial charge is 0.478 e. The number of carboxylic acid groups (broad SMARTS) is 1. The summed E-state index contributed by atoms with van der Waals surface area (Å²) in [7, 11) is 0. The van der Waals surface area contributed by atoms with Gasteiger partial charge in [0.25, 0.3) is 0 Å². The number of urea groups is 1. The van der Waals surface area contributed by atoms with Gasteiger partial charge in [0, 0.05) is 18.8 Å². The summed E-state index contributed by atoms with van der Waals surface area (Å²) < 4.78 is 13.2. The fourth-order valence-corrected chi connectivity index (χ4v) is 1.72. The van der Waals surface area contributed by atoms with Gasteiger partial charge in [-0.1, -0.05) is 0 Å². The monoisotopic (exact) mass is 238 g/mol. The minimum absolute atomic E-state index is 0.292. The van der Waals surface area contributed by atoms with Gasteiger partial charge >= 0.3 is 12.0 Å². The smallest absolute Gasteiger partial charge is 0.338 e. The molecule has 0 atom stereocenters. The van der Waals surface area contributed by atoms with Crippen LogP contribution in [-0.2, 0) is 0 Å². The van der Waals surface area contributed by atoms with Crippen LogP contribution >= 0.6 is 0 Å². The zero-order valence-electron chi connectivity index (χ0n) is 8.94. The lowest BCUT2D eigenvalue weighted by atomic mass is 10.1. The standard InChI is InChI=1S/C11H11FN2O3/c12-9-3-2-7(6-8(9)10(15)16)14-5-1-4-13-11(14)17/h2-3,6H,1,4-5H2,(H,13,17)(H,15,16). The molecule has 1 heterocycles. The maximum atomic E-state index is 13.2. The molecule has 0 aliphatic carbocycles. The fourth-order valence-electron chi connectivity index (χ4n) is 1.72. The molecular weight excluding hydrogens is 227 g/mol. The molecule has 1 aromatic rings. The van der Waals surface area contributed by atoms with Crippen LogP contribution < -0.4 is 10.2 Å². The lowest BCUT2D eigenvalue weighted by molar-refractivity contribution is 0.0692. The van der Waals surface area contributed by atoms with Crippen LogP contribution in [0.4, 0.5) is 14.9 Å². The van der Waals surface area contributed by atoms with Crippen LogP contribution in [0.1, 0.15) is 16.8 Å². The molecule has 90 valence electrons. The quantitative estimate of drug-likeness (QED) is 0.819. The van der Waals surface area contributed by atoms with Crippen molar-refractivity contribution in [2.45, 2.75) is 6.42 Å². The zero-order chi connectivity index (χ0) is 12.4. The molecule has 0 radical (unpaired) electrons. The van der Waals surface area contributed by atoms with Gasteiger partial charge in [0.1, 0.15) is 5.82 Å². The van der Waals surface area contributed by atoms with Crippen molar-refractivity contribution >= 4 is 17.7 Å². The number of nitrogens with one attached hydrogen (secondary N) is 1. The molecule has 17 heavy (non-hydrogen) atoms. The Morgan fingerprint density at radius 3 is 2.88 bits per heavy atom. The first-order valence-electron chi connectivity index (χ1n) is 5.18. The Morgan fingerprint density at radius 2 is 2.24 bits per heavy atom. The van der Waals surface area contributed by atoms with E-state index in [2.05, 4.69) is 5.32 Å². The Labute approximate surface area is 96.8 Å². The second-order valence-corrected chi connectivity index (χ2v) is 3.71. The van der Waals surface area contributed by atoms with Crippen molar-refractivity contribution in [3.8, 4) is 0 Å². The Hall–Kier alpha value is -2.11. The third-order valence-corrected chi connectivity index (χ3v) is 2.57. The summed E-state index contributed by atoms with van der Waals surface area (Å²) in [5.41, 5.74) is -0.0399. The number of halogens is 1. The number of carbonyl (C=O) groups excluding carboxylic acids is 1. The normalized spacial score (nSPS) is 15.6. The molecule has 5 nitrogen and oxygen atoms in total. The summed E-state index contributed by atoms with van der Waals surface area (Å²) in [4.78, 5) is 23.7. The minimum Gasteiger partial charge on any atom is -0.478 e. The van der Waals surface area contributed by atoms with Gasteiger partial charge < -0.3 is 10.4 Å². The molecule has 1 aromatic carbocycles. The van der Waals surface area contributed by atoms with E-state index in [4.69, 9.17) is 5.11 Å². The van der Waals surface area contributed by atoms with Crippen molar-refractivity contribution in [1.82, 2.24) is 5.32 Å². The summed E-state index contributed by atoms with van der Waals surface area (Å²) in [5.74, 6) is -2.15. The molecular formula is C11H11FN2O3. The number of anilines is 1. The van der Waals surface area contributed by atoms with E-state index in [1.54, 1.807) is 0 Å². The number of benzene rings is 1. The van der Waals surface area contributed by atoms with Gasteiger partial charge in [-0.2, -0.15) is 0 Å². The second kappa shape index (κ2) is 4.40. The number of nitrogens with zero attached hydrogens (tertiary/aromatic N) is 1. The van der Waals surface area contributed by atoms with Gasteiger partial charge in [-0.15, -0.1) is 0 Å².